The van der Waals surface area contributed by atoms with Crippen LogP contribution in [0.4, 0.5) is 10.1 Å². The Morgan fingerprint density at radius 2 is 1.95 bits per heavy atom. The Kier molecular flexibility index (Phi) is 4.92. The van der Waals surface area contributed by atoms with Crippen LogP contribution in [0, 0.1) is 5.82 Å². The first kappa shape index (κ1) is 15.9. The number of nitrogens with one attached hydrogen (secondary N) is 1. The second-order valence-corrected chi connectivity index (χ2v) is 6.90. The van der Waals surface area contributed by atoms with Crippen molar-refractivity contribution in [1.82, 2.24) is 9.71 Å². The van der Waals surface area contributed by atoms with Crippen molar-refractivity contribution in [2.45, 2.75) is 11.3 Å². The van der Waals surface area contributed by atoms with E-state index in [0.29, 0.717) is 6.42 Å². The minimum absolute atomic E-state index is 0.0474. The zero-order valence-corrected chi connectivity index (χ0v) is 13.3. The molecule has 0 aliphatic heterocycles. The number of hydrogen-bond donors (Lipinski definition) is 2. The Hall–Kier alpha value is -1.51. The molecule has 0 saturated carbocycles. The van der Waals surface area contributed by atoms with Crippen LogP contribution in [-0.4, -0.2) is 19.9 Å². The number of nitrogens with zero attached hydrogens (tertiary/aromatic N) is 1. The molecule has 0 amide bonds. The van der Waals surface area contributed by atoms with E-state index in [2.05, 4.69) is 25.6 Å². The van der Waals surface area contributed by atoms with Crippen LogP contribution in [-0.2, 0) is 16.4 Å². The lowest BCUT2D eigenvalue weighted by molar-refractivity contribution is 0.581. The minimum atomic E-state index is -3.79. The van der Waals surface area contributed by atoms with E-state index in [1.165, 1.54) is 0 Å². The molecule has 2 aromatic rings. The van der Waals surface area contributed by atoms with Gasteiger partial charge in [0.15, 0.2) is 0 Å². The molecule has 1 aromatic carbocycles. The molecular weight excluding hydrogens is 361 g/mol. The van der Waals surface area contributed by atoms with Gasteiger partial charge in [-0.2, -0.15) is 0 Å². The number of rotatable bonds is 5. The summed E-state index contributed by atoms with van der Waals surface area (Å²) in [5.41, 5.74) is 6.40. The SMILES string of the molecule is Nc1cc(F)c(Br)cc1S(=O)(=O)NCCc1ccncc1. The number of pyridine rings is 1. The zero-order valence-electron chi connectivity index (χ0n) is 10.9. The van der Waals surface area contributed by atoms with Crippen LogP contribution in [0.3, 0.4) is 0 Å². The normalized spacial score (nSPS) is 11.5. The van der Waals surface area contributed by atoms with Gasteiger partial charge in [0, 0.05) is 18.9 Å². The van der Waals surface area contributed by atoms with E-state index in [1.54, 1.807) is 24.5 Å². The van der Waals surface area contributed by atoms with E-state index in [1.807, 2.05) is 0 Å². The lowest BCUT2D eigenvalue weighted by atomic mass is 10.2. The van der Waals surface area contributed by atoms with Gasteiger partial charge in [-0.1, -0.05) is 0 Å². The monoisotopic (exact) mass is 373 g/mol. The molecule has 21 heavy (non-hydrogen) atoms. The Balaban J connectivity index is 2.10. The van der Waals surface area contributed by atoms with Crippen LogP contribution in [0.2, 0.25) is 0 Å². The number of benzene rings is 1. The van der Waals surface area contributed by atoms with Crippen LogP contribution in [0.25, 0.3) is 0 Å². The lowest BCUT2D eigenvalue weighted by Crippen LogP contribution is -2.26. The van der Waals surface area contributed by atoms with E-state index >= 15 is 0 Å². The first-order valence-corrected chi connectivity index (χ1v) is 8.31. The fraction of sp³-hybridized carbons (Fsp3) is 0.154. The Labute approximate surface area is 130 Å². The molecule has 0 aliphatic carbocycles. The van der Waals surface area contributed by atoms with Crippen LogP contribution >= 0.6 is 15.9 Å². The lowest BCUT2D eigenvalue weighted by Gasteiger charge is -2.10. The molecule has 0 radical (unpaired) electrons. The highest BCUT2D eigenvalue weighted by Gasteiger charge is 2.19. The average molecular weight is 374 g/mol. The van der Waals surface area contributed by atoms with Crippen molar-refractivity contribution in [3.8, 4) is 0 Å². The smallest absolute Gasteiger partial charge is 0.242 e. The van der Waals surface area contributed by atoms with Crippen molar-refractivity contribution in [2.24, 2.45) is 0 Å². The predicted octanol–water partition coefficient (Wildman–Crippen LogP) is 2.09. The van der Waals surface area contributed by atoms with Crippen molar-refractivity contribution in [1.29, 1.82) is 0 Å². The number of sulfonamides is 1. The first-order valence-electron chi connectivity index (χ1n) is 6.03. The van der Waals surface area contributed by atoms with Crippen molar-refractivity contribution in [2.75, 3.05) is 12.3 Å². The van der Waals surface area contributed by atoms with Gasteiger partial charge in [-0.05, 0) is 52.2 Å². The predicted molar refractivity (Wildman–Crippen MR) is 81.6 cm³/mol. The molecule has 3 N–H and O–H groups in total. The van der Waals surface area contributed by atoms with Crippen LogP contribution in [0.5, 0.6) is 0 Å². The number of anilines is 1. The molecule has 1 aromatic heterocycles. The molecule has 5 nitrogen and oxygen atoms in total. The largest absolute Gasteiger partial charge is 0.398 e. The third-order valence-corrected chi connectivity index (χ3v) is 4.92. The molecular formula is C13H13BrFN3O2S. The minimum Gasteiger partial charge on any atom is -0.398 e. The first-order chi connectivity index (χ1) is 9.90. The van der Waals surface area contributed by atoms with E-state index in [4.69, 9.17) is 5.73 Å². The maximum Gasteiger partial charge on any atom is 0.242 e. The Bertz CT molecular complexity index is 739. The number of halogens is 2. The molecule has 0 unspecified atom stereocenters. The van der Waals surface area contributed by atoms with Gasteiger partial charge in [0.25, 0.3) is 0 Å². The molecule has 112 valence electrons. The number of aromatic nitrogens is 1. The molecule has 0 saturated heterocycles. The third kappa shape index (κ3) is 3.99. The van der Waals surface area contributed by atoms with E-state index in [-0.39, 0.29) is 21.6 Å². The summed E-state index contributed by atoms with van der Waals surface area (Å²) in [6.07, 6.45) is 3.79. The van der Waals surface area contributed by atoms with Gasteiger partial charge in [0.2, 0.25) is 10.0 Å². The third-order valence-electron chi connectivity index (χ3n) is 2.80. The summed E-state index contributed by atoms with van der Waals surface area (Å²) in [6.45, 7) is 0.209. The van der Waals surface area contributed by atoms with Gasteiger partial charge >= 0.3 is 0 Å². The summed E-state index contributed by atoms with van der Waals surface area (Å²) < 4.78 is 40.1. The summed E-state index contributed by atoms with van der Waals surface area (Å²) in [7, 11) is -3.79. The maximum absolute atomic E-state index is 13.3. The van der Waals surface area contributed by atoms with Crippen LogP contribution in [0.1, 0.15) is 5.56 Å². The second kappa shape index (κ2) is 6.50. The fourth-order valence-corrected chi connectivity index (χ4v) is 3.40. The molecule has 0 aliphatic rings. The van der Waals surface area contributed by atoms with Gasteiger partial charge in [-0.3, -0.25) is 4.98 Å². The standard InChI is InChI=1S/C13H13BrFN3O2S/c14-10-7-13(12(16)8-11(10)15)21(19,20)18-6-3-9-1-4-17-5-2-9/h1-2,4-5,7-8,18H,3,6,16H2. The van der Waals surface area contributed by atoms with Gasteiger partial charge in [-0.15, -0.1) is 0 Å². The molecule has 1 heterocycles. The highest BCUT2D eigenvalue weighted by atomic mass is 79.9. The van der Waals surface area contributed by atoms with E-state index in [9.17, 15) is 12.8 Å². The van der Waals surface area contributed by atoms with Crippen molar-refractivity contribution in [3.05, 3.63) is 52.5 Å². The van der Waals surface area contributed by atoms with Gasteiger partial charge in [-0.25, -0.2) is 17.5 Å². The molecule has 8 heteroatoms. The number of nitrogens with two attached hydrogens (primary N) is 1. The van der Waals surface area contributed by atoms with E-state index in [0.717, 1.165) is 17.7 Å². The van der Waals surface area contributed by atoms with Crippen molar-refractivity contribution >= 4 is 31.6 Å². The Morgan fingerprint density at radius 1 is 1.29 bits per heavy atom. The average Bonchev–Trinajstić information content (AvgIpc) is 2.43. The summed E-state index contributed by atoms with van der Waals surface area (Å²) in [5, 5.41) is 0. The van der Waals surface area contributed by atoms with Crippen LogP contribution in [0.15, 0.2) is 46.0 Å². The van der Waals surface area contributed by atoms with Crippen molar-refractivity contribution in [3.63, 3.8) is 0 Å². The molecule has 0 spiro atoms. The van der Waals surface area contributed by atoms with Crippen LogP contribution < -0.4 is 10.5 Å². The second-order valence-electron chi connectivity index (χ2n) is 4.31. The van der Waals surface area contributed by atoms with Crippen molar-refractivity contribution < 1.29 is 12.8 Å². The quantitative estimate of drug-likeness (QED) is 0.785. The highest BCUT2D eigenvalue weighted by Crippen LogP contribution is 2.25. The van der Waals surface area contributed by atoms with E-state index < -0.39 is 15.8 Å². The zero-order chi connectivity index (χ0) is 15.5. The number of hydrogen-bond acceptors (Lipinski definition) is 4. The van der Waals surface area contributed by atoms with Gasteiger partial charge in [0.1, 0.15) is 10.7 Å². The molecule has 2 rings (SSSR count). The topological polar surface area (TPSA) is 85.1 Å². The fourth-order valence-electron chi connectivity index (χ4n) is 1.73. The van der Waals surface area contributed by atoms with Gasteiger partial charge < -0.3 is 5.73 Å². The molecule has 0 bridgehead atoms. The highest BCUT2D eigenvalue weighted by molar-refractivity contribution is 9.10. The summed E-state index contributed by atoms with van der Waals surface area (Å²) in [6, 6.07) is 5.73. The Morgan fingerprint density at radius 3 is 2.62 bits per heavy atom. The van der Waals surface area contributed by atoms with Gasteiger partial charge in [0.05, 0.1) is 10.2 Å². The maximum atomic E-state index is 13.3. The summed E-state index contributed by atoms with van der Waals surface area (Å²) in [5.74, 6) is -0.608. The summed E-state index contributed by atoms with van der Waals surface area (Å²) in [4.78, 5) is 3.74. The number of nitrogen functional groups attached to an aromatic ring is 1. The summed E-state index contributed by atoms with van der Waals surface area (Å²) >= 11 is 2.95. The molecule has 0 atom stereocenters. The molecule has 0 fully saturated rings.